The first-order valence-corrected chi connectivity index (χ1v) is 13.2. The molecular formula is C31H24ClN5O5. The van der Waals surface area contributed by atoms with Gasteiger partial charge in [0.15, 0.2) is 5.75 Å². The Morgan fingerprint density at radius 3 is 2.64 bits per heavy atom. The van der Waals surface area contributed by atoms with Gasteiger partial charge in [-0.15, -0.1) is 0 Å². The molecular weight excluding hydrogens is 558 g/mol. The van der Waals surface area contributed by atoms with Crippen LogP contribution in [-0.2, 0) is 17.9 Å². The van der Waals surface area contributed by atoms with Crippen molar-refractivity contribution in [1.29, 1.82) is 5.26 Å². The Kier molecular flexibility index (Phi) is 8.84. The summed E-state index contributed by atoms with van der Waals surface area (Å²) in [5, 5.41) is 31.6. The zero-order chi connectivity index (χ0) is 29.5. The fourth-order valence-electron chi connectivity index (χ4n) is 4.28. The summed E-state index contributed by atoms with van der Waals surface area (Å²) in [4.78, 5) is 24.3. The van der Waals surface area contributed by atoms with Crippen LogP contribution in [-0.4, -0.2) is 43.8 Å². The summed E-state index contributed by atoms with van der Waals surface area (Å²) in [6, 6.07) is 21.3. The molecule has 42 heavy (non-hydrogen) atoms. The minimum Gasteiger partial charge on any atom is -0.488 e. The number of nitrogens with zero attached hydrogens (tertiary/aromatic N) is 4. The SMILES string of the molecule is N#Cc1cncc(COc2cc(Oc3ncnc4c(-c5ccccc5)cccc34)c(Cl)cc2CN[C@H](CO)C(=O)O)c1. The summed E-state index contributed by atoms with van der Waals surface area (Å²) in [6.45, 7) is -0.505. The maximum absolute atomic E-state index is 11.4. The molecule has 0 saturated carbocycles. The average Bonchev–Trinajstić information content (AvgIpc) is 3.02. The van der Waals surface area contributed by atoms with Crippen LogP contribution in [0.15, 0.2) is 85.5 Å². The van der Waals surface area contributed by atoms with Gasteiger partial charge < -0.3 is 19.7 Å². The van der Waals surface area contributed by atoms with E-state index in [1.807, 2.05) is 54.6 Å². The molecule has 0 aliphatic carbocycles. The van der Waals surface area contributed by atoms with Crippen LogP contribution in [0.4, 0.5) is 0 Å². The molecule has 0 amide bonds. The highest BCUT2D eigenvalue weighted by Gasteiger charge is 2.19. The Hall–Kier alpha value is -5.08. The Morgan fingerprint density at radius 1 is 1.05 bits per heavy atom. The van der Waals surface area contributed by atoms with Gasteiger partial charge in [0.1, 0.15) is 30.8 Å². The summed E-state index contributed by atoms with van der Waals surface area (Å²) in [6.07, 6.45) is 4.45. The van der Waals surface area contributed by atoms with Gasteiger partial charge in [-0.05, 0) is 23.8 Å². The topological polar surface area (TPSA) is 150 Å². The van der Waals surface area contributed by atoms with Crippen molar-refractivity contribution >= 4 is 28.5 Å². The van der Waals surface area contributed by atoms with E-state index < -0.39 is 18.6 Å². The quantitative estimate of drug-likeness (QED) is 0.192. The molecule has 0 bridgehead atoms. The predicted molar refractivity (Wildman–Crippen MR) is 155 cm³/mol. The Bertz CT molecular complexity index is 1780. The van der Waals surface area contributed by atoms with Crippen LogP contribution >= 0.6 is 11.6 Å². The van der Waals surface area contributed by atoms with E-state index in [2.05, 4.69) is 20.3 Å². The van der Waals surface area contributed by atoms with Crippen molar-refractivity contribution in [3.63, 3.8) is 0 Å². The lowest BCUT2D eigenvalue weighted by molar-refractivity contribution is -0.140. The first-order valence-electron chi connectivity index (χ1n) is 12.8. The van der Waals surface area contributed by atoms with E-state index in [1.165, 1.54) is 12.5 Å². The molecule has 0 radical (unpaired) electrons. The lowest BCUT2D eigenvalue weighted by atomic mass is 10.0. The van der Waals surface area contributed by atoms with E-state index in [0.717, 1.165) is 11.1 Å². The van der Waals surface area contributed by atoms with Gasteiger partial charge in [0.2, 0.25) is 5.88 Å². The van der Waals surface area contributed by atoms with Crippen LogP contribution in [0.3, 0.4) is 0 Å². The molecule has 1 atom stereocenters. The molecule has 2 aromatic heterocycles. The standard InChI is InChI=1S/C31H24ClN5O5/c32-25-10-22(15-35-26(16-38)31(39)40)27(41-17-20-9-19(12-33)13-34-14-20)11-28(25)42-30-24-8-4-7-23(29(24)36-18-37-30)21-5-2-1-3-6-21/h1-11,13-14,18,26,35,38H,15-17H2,(H,39,40)/t26-/m1/s1. The fraction of sp³-hybridized carbons (Fsp3) is 0.129. The van der Waals surface area contributed by atoms with E-state index in [4.69, 9.17) is 21.1 Å². The number of hydrogen-bond acceptors (Lipinski definition) is 9. The molecule has 0 spiro atoms. The minimum atomic E-state index is -1.20. The van der Waals surface area contributed by atoms with Crippen molar-refractivity contribution < 1.29 is 24.5 Å². The van der Waals surface area contributed by atoms with Crippen LogP contribution in [0.2, 0.25) is 5.02 Å². The normalized spacial score (nSPS) is 11.5. The highest BCUT2D eigenvalue weighted by Crippen LogP contribution is 2.38. The molecule has 0 saturated heterocycles. The van der Waals surface area contributed by atoms with Crippen LogP contribution < -0.4 is 14.8 Å². The van der Waals surface area contributed by atoms with Crippen LogP contribution in [0.25, 0.3) is 22.0 Å². The number of nitriles is 1. The number of nitrogens with one attached hydrogen (secondary N) is 1. The average molecular weight is 582 g/mol. The van der Waals surface area contributed by atoms with Crippen molar-refractivity contribution in [3.8, 4) is 34.6 Å². The summed E-state index contributed by atoms with van der Waals surface area (Å²) in [5.41, 5.74) is 4.18. The van der Waals surface area contributed by atoms with Gasteiger partial charge in [0.25, 0.3) is 0 Å². The lowest BCUT2D eigenvalue weighted by Gasteiger charge is -2.18. The van der Waals surface area contributed by atoms with E-state index in [1.54, 1.807) is 24.4 Å². The molecule has 5 aromatic rings. The maximum atomic E-state index is 11.4. The van der Waals surface area contributed by atoms with Crippen molar-refractivity contribution in [1.82, 2.24) is 20.3 Å². The Labute approximate surface area is 245 Å². The number of halogens is 1. The molecule has 10 nitrogen and oxygen atoms in total. The minimum absolute atomic E-state index is 0.0280. The number of carbonyl (C=O) groups is 1. The van der Waals surface area contributed by atoms with E-state index in [9.17, 15) is 20.3 Å². The van der Waals surface area contributed by atoms with Crippen LogP contribution in [0, 0.1) is 11.3 Å². The number of ether oxygens (including phenoxy) is 2. The van der Waals surface area contributed by atoms with Crippen LogP contribution in [0.1, 0.15) is 16.7 Å². The first-order chi connectivity index (χ1) is 20.5. The molecule has 0 unspecified atom stereocenters. The largest absolute Gasteiger partial charge is 0.488 e. The summed E-state index contributed by atoms with van der Waals surface area (Å²) in [5.74, 6) is -0.319. The molecule has 0 aliphatic heterocycles. The monoisotopic (exact) mass is 581 g/mol. The molecule has 210 valence electrons. The number of fused-ring (bicyclic) bond motifs is 1. The van der Waals surface area contributed by atoms with Gasteiger partial charge in [-0.3, -0.25) is 15.1 Å². The number of carboxylic acids is 1. The number of para-hydroxylation sites is 1. The van der Waals surface area contributed by atoms with Crippen molar-refractivity contribution in [2.45, 2.75) is 19.2 Å². The molecule has 11 heteroatoms. The highest BCUT2D eigenvalue weighted by molar-refractivity contribution is 6.32. The van der Waals surface area contributed by atoms with Crippen LogP contribution in [0.5, 0.6) is 17.4 Å². The summed E-state index contributed by atoms with van der Waals surface area (Å²) in [7, 11) is 0. The number of aliphatic hydroxyl groups excluding tert-OH is 1. The second-order valence-electron chi connectivity index (χ2n) is 9.18. The van der Waals surface area contributed by atoms with E-state index in [0.29, 0.717) is 33.3 Å². The van der Waals surface area contributed by atoms with Gasteiger partial charge in [-0.1, -0.05) is 54.1 Å². The van der Waals surface area contributed by atoms with Crippen molar-refractivity contribution in [2.75, 3.05) is 6.61 Å². The molecule has 0 fully saturated rings. The fourth-order valence-corrected chi connectivity index (χ4v) is 4.50. The molecule has 3 aromatic carbocycles. The zero-order valence-electron chi connectivity index (χ0n) is 22.1. The third-order valence-corrected chi connectivity index (χ3v) is 6.67. The molecule has 2 heterocycles. The number of benzene rings is 3. The predicted octanol–water partition coefficient (Wildman–Crippen LogP) is 5.12. The van der Waals surface area contributed by atoms with Gasteiger partial charge in [-0.2, -0.15) is 5.26 Å². The van der Waals surface area contributed by atoms with E-state index in [-0.39, 0.29) is 29.8 Å². The Morgan fingerprint density at radius 2 is 1.88 bits per heavy atom. The van der Waals surface area contributed by atoms with Gasteiger partial charge in [-0.25, -0.2) is 9.97 Å². The lowest BCUT2D eigenvalue weighted by Crippen LogP contribution is -2.39. The summed E-state index contributed by atoms with van der Waals surface area (Å²) >= 11 is 6.63. The first kappa shape index (κ1) is 28.4. The smallest absolute Gasteiger partial charge is 0.323 e. The number of hydrogen-bond donors (Lipinski definition) is 3. The second-order valence-corrected chi connectivity index (χ2v) is 9.58. The number of aliphatic carboxylic acids is 1. The Balaban J connectivity index is 1.49. The maximum Gasteiger partial charge on any atom is 0.323 e. The molecule has 0 aliphatic rings. The van der Waals surface area contributed by atoms with Crippen molar-refractivity contribution in [2.24, 2.45) is 0 Å². The number of carboxylic acid groups (broad SMARTS) is 1. The molecule has 5 rings (SSSR count). The van der Waals surface area contributed by atoms with E-state index >= 15 is 0 Å². The highest BCUT2D eigenvalue weighted by atomic mass is 35.5. The second kappa shape index (κ2) is 13.1. The number of aromatic nitrogens is 3. The number of pyridine rings is 1. The van der Waals surface area contributed by atoms with Gasteiger partial charge in [0.05, 0.1) is 28.1 Å². The third kappa shape index (κ3) is 6.45. The third-order valence-electron chi connectivity index (χ3n) is 6.37. The number of rotatable bonds is 11. The molecule has 3 N–H and O–H groups in total. The zero-order valence-corrected chi connectivity index (χ0v) is 22.8. The number of aliphatic hydroxyl groups is 1. The van der Waals surface area contributed by atoms with Gasteiger partial charge >= 0.3 is 5.97 Å². The summed E-state index contributed by atoms with van der Waals surface area (Å²) < 4.78 is 12.3. The van der Waals surface area contributed by atoms with Gasteiger partial charge in [0, 0.05) is 41.7 Å². The van der Waals surface area contributed by atoms with Crippen molar-refractivity contribution in [3.05, 3.63) is 107 Å².